The number of nitrogens with two attached hydrogens (primary N) is 1. The summed E-state index contributed by atoms with van der Waals surface area (Å²) in [6.45, 7) is 9.43. The summed E-state index contributed by atoms with van der Waals surface area (Å²) >= 11 is 1.30. The first-order valence-electron chi connectivity index (χ1n) is 9.54. The number of hydrogen-bond acceptors (Lipinski definition) is 5. The Bertz CT molecular complexity index is 734. The van der Waals surface area contributed by atoms with E-state index in [1.54, 1.807) is 0 Å². The topological polar surface area (TPSA) is 85.8 Å². The van der Waals surface area contributed by atoms with Crippen LogP contribution in [0, 0.1) is 0 Å². The van der Waals surface area contributed by atoms with Gasteiger partial charge in [0, 0.05) is 12.1 Å². The van der Waals surface area contributed by atoms with Crippen molar-refractivity contribution in [2.45, 2.75) is 63.9 Å². The van der Waals surface area contributed by atoms with Gasteiger partial charge >= 0.3 is 0 Å². The number of carbonyl (C=O) groups is 1. The first-order chi connectivity index (χ1) is 12.8. The summed E-state index contributed by atoms with van der Waals surface area (Å²) in [5.41, 5.74) is 2.25. The number of rotatable bonds is 9. The molecule has 0 aliphatic rings. The molecule has 0 aliphatic carbocycles. The predicted molar refractivity (Wildman–Crippen MR) is 112 cm³/mol. The van der Waals surface area contributed by atoms with Gasteiger partial charge in [-0.2, -0.15) is 0 Å². The highest BCUT2D eigenvalue weighted by Gasteiger charge is 2.16. The molecule has 1 aromatic carbocycles. The van der Waals surface area contributed by atoms with Gasteiger partial charge in [-0.05, 0) is 17.4 Å². The SMILES string of the molecule is CCCCCCNC(=O)CSc1nnc(-c2ccc(C(C)(C)C)cc2)n1N. The number of amides is 1. The Morgan fingerprint density at radius 1 is 1.15 bits per heavy atom. The molecule has 0 unspecified atom stereocenters. The van der Waals surface area contributed by atoms with E-state index < -0.39 is 0 Å². The molecule has 0 saturated heterocycles. The third kappa shape index (κ3) is 6.27. The highest BCUT2D eigenvalue weighted by Crippen LogP contribution is 2.26. The highest BCUT2D eigenvalue weighted by molar-refractivity contribution is 7.99. The summed E-state index contributed by atoms with van der Waals surface area (Å²) in [5, 5.41) is 11.8. The van der Waals surface area contributed by atoms with E-state index in [1.807, 2.05) is 12.1 Å². The third-order valence-electron chi connectivity index (χ3n) is 4.36. The van der Waals surface area contributed by atoms with Crippen molar-refractivity contribution in [1.29, 1.82) is 0 Å². The smallest absolute Gasteiger partial charge is 0.230 e. The monoisotopic (exact) mass is 389 g/mol. The van der Waals surface area contributed by atoms with Crippen molar-refractivity contribution in [3.8, 4) is 11.4 Å². The second kappa shape index (κ2) is 9.78. The quantitative estimate of drug-likeness (QED) is 0.388. The molecule has 27 heavy (non-hydrogen) atoms. The third-order valence-corrected chi connectivity index (χ3v) is 5.30. The lowest BCUT2D eigenvalue weighted by molar-refractivity contribution is -0.118. The number of benzene rings is 1. The summed E-state index contributed by atoms with van der Waals surface area (Å²) in [4.78, 5) is 11.9. The standard InChI is InChI=1S/C20H31N5OS/c1-5-6-7-8-13-22-17(26)14-27-19-24-23-18(25(19)21)15-9-11-16(12-10-15)20(2,3)4/h9-12H,5-8,13-14,21H2,1-4H3,(H,22,26). The van der Waals surface area contributed by atoms with Crippen LogP contribution in [-0.4, -0.2) is 33.1 Å². The van der Waals surface area contributed by atoms with Gasteiger partial charge in [0.25, 0.3) is 0 Å². The second-order valence-electron chi connectivity index (χ2n) is 7.70. The van der Waals surface area contributed by atoms with Crippen LogP contribution in [0.25, 0.3) is 11.4 Å². The maximum atomic E-state index is 11.9. The molecule has 0 atom stereocenters. The van der Waals surface area contributed by atoms with Crippen LogP contribution in [0.4, 0.5) is 0 Å². The Hall–Kier alpha value is -2.02. The zero-order chi connectivity index (χ0) is 19.9. The number of nitrogen functional groups attached to an aromatic ring is 1. The van der Waals surface area contributed by atoms with E-state index in [1.165, 1.54) is 34.8 Å². The van der Waals surface area contributed by atoms with Crippen molar-refractivity contribution >= 4 is 17.7 Å². The molecule has 0 fully saturated rings. The molecule has 3 N–H and O–H groups in total. The number of unbranched alkanes of at least 4 members (excludes halogenated alkanes) is 3. The van der Waals surface area contributed by atoms with E-state index in [0.717, 1.165) is 24.9 Å². The van der Waals surface area contributed by atoms with Crippen LogP contribution in [-0.2, 0) is 10.2 Å². The molecule has 6 nitrogen and oxygen atoms in total. The number of carbonyl (C=O) groups excluding carboxylic acids is 1. The van der Waals surface area contributed by atoms with Gasteiger partial charge in [-0.15, -0.1) is 10.2 Å². The maximum absolute atomic E-state index is 11.9. The van der Waals surface area contributed by atoms with Crippen LogP contribution in [0.1, 0.15) is 58.9 Å². The van der Waals surface area contributed by atoms with Gasteiger partial charge in [-0.3, -0.25) is 4.79 Å². The predicted octanol–water partition coefficient (Wildman–Crippen LogP) is 3.75. The van der Waals surface area contributed by atoms with E-state index in [-0.39, 0.29) is 17.1 Å². The lowest BCUT2D eigenvalue weighted by Crippen LogP contribution is -2.26. The highest BCUT2D eigenvalue weighted by atomic mass is 32.2. The first-order valence-corrected chi connectivity index (χ1v) is 10.5. The molecule has 1 aromatic heterocycles. The molecular weight excluding hydrogens is 358 g/mol. The summed E-state index contributed by atoms with van der Waals surface area (Å²) in [5.74, 6) is 7.01. The van der Waals surface area contributed by atoms with E-state index in [2.05, 4.69) is 55.3 Å². The van der Waals surface area contributed by atoms with E-state index in [9.17, 15) is 4.79 Å². The Morgan fingerprint density at radius 3 is 2.48 bits per heavy atom. The van der Waals surface area contributed by atoms with Gasteiger partial charge < -0.3 is 11.2 Å². The normalized spacial score (nSPS) is 11.6. The van der Waals surface area contributed by atoms with Gasteiger partial charge in [0.05, 0.1) is 5.75 Å². The lowest BCUT2D eigenvalue weighted by atomic mass is 9.87. The van der Waals surface area contributed by atoms with Crippen LogP contribution in [0.5, 0.6) is 0 Å². The summed E-state index contributed by atoms with van der Waals surface area (Å²) in [7, 11) is 0. The largest absolute Gasteiger partial charge is 0.355 e. The Morgan fingerprint density at radius 2 is 1.85 bits per heavy atom. The molecule has 1 amide bonds. The number of aromatic nitrogens is 3. The second-order valence-corrected chi connectivity index (χ2v) is 8.65. The van der Waals surface area contributed by atoms with Crippen LogP contribution in [0.3, 0.4) is 0 Å². The molecule has 1 heterocycles. The minimum Gasteiger partial charge on any atom is -0.355 e. The van der Waals surface area contributed by atoms with Crippen LogP contribution >= 0.6 is 11.8 Å². The van der Waals surface area contributed by atoms with Crippen molar-refractivity contribution in [1.82, 2.24) is 20.2 Å². The molecule has 7 heteroatoms. The molecule has 0 bridgehead atoms. The van der Waals surface area contributed by atoms with Crippen molar-refractivity contribution < 1.29 is 4.79 Å². The Kier molecular flexibility index (Phi) is 7.71. The van der Waals surface area contributed by atoms with E-state index in [4.69, 9.17) is 5.84 Å². The fraction of sp³-hybridized carbons (Fsp3) is 0.550. The Labute approximate surface area is 166 Å². The van der Waals surface area contributed by atoms with Crippen molar-refractivity contribution in [3.05, 3.63) is 29.8 Å². The summed E-state index contributed by atoms with van der Waals surface area (Å²) in [6, 6.07) is 8.18. The van der Waals surface area contributed by atoms with Gasteiger partial charge in [0.15, 0.2) is 5.82 Å². The zero-order valence-electron chi connectivity index (χ0n) is 16.8. The Balaban J connectivity index is 1.90. The van der Waals surface area contributed by atoms with Crippen LogP contribution in [0.15, 0.2) is 29.4 Å². The average Bonchev–Trinajstić information content (AvgIpc) is 3.00. The zero-order valence-corrected chi connectivity index (χ0v) is 17.6. The lowest BCUT2D eigenvalue weighted by Gasteiger charge is -2.19. The molecule has 2 aromatic rings. The molecule has 148 valence electrons. The van der Waals surface area contributed by atoms with Gasteiger partial charge in [0.1, 0.15) is 0 Å². The number of hydrogen-bond donors (Lipinski definition) is 2. The summed E-state index contributed by atoms with van der Waals surface area (Å²) in [6.07, 6.45) is 4.57. The fourth-order valence-electron chi connectivity index (χ4n) is 2.65. The van der Waals surface area contributed by atoms with Gasteiger partial charge in [-0.25, -0.2) is 4.68 Å². The molecule has 2 rings (SSSR count). The van der Waals surface area contributed by atoms with E-state index in [0.29, 0.717) is 11.0 Å². The molecule has 0 spiro atoms. The van der Waals surface area contributed by atoms with Crippen molar-refractivity contribution in [2.75, 3.05) is 18.1 Å². The fourth-order valence-corrected chi connectivity index (χ4v) is 3.34. The first kappa shape index (κ1) is 21.3. The minimum absolute atomic E-state index is 0.00409. The summed E-state index contributed by atoms with van der Waals surface area (Å²) < 4.78 is 1.45. The van der Waals surface area contributed by atoms with Crippen molar-refractivity contribution in [2.24, 2.45) is 0 Å². The van der Waals surface area contributed by atoms with E-state index >= 15 is 0 Å². The molecule has 0 aliphatic heterocycles. The molecular formula is C20H31N5OS. The number of nitrogens with zero attached hydrogens (tertiary/aromatic N) is 3. The van der Waals surface area contributed by atoms with Crippen LogP contribution < -0.4 is 11.2 Å². The number of nitrogens with one attached hydrogen (secondary N) is 1. The average molecular weight is 390 g/mol. The molecule has 0 saturated carbocycles. The minimum atomic E-state index is -0.00409. The van der Waals surface area contributed by atoms with Gasteiger partial charge in [-0.1, -0.05) is 83.0 Å². The van der Waals surface area contributed by atoms with Crippen molar-refractivity contribution in [3.63, 3.8) is 0 Å². The van der Waals surface area contributed by atoms with Gasteiger partial charge in [0.2, 0.25) is 11.1 Å². The molecule has 0 radical (unpaired) electrons. The maximum Gasteiger partial charge on any atom is 0.230 e. The number of thioether (sulfide) groups is 1. The van der Waals surface area contributed by atoms with Crippen LogP contribution in [0.2, 0.25) is 0 Å².